The van der Waals surface area contributed by atoms with Crippen LogP contribution in [0.5, 0.6) is 0 Å². The van der Waals surface area contributed by atoms with Gasteiger partial charge in [0, 0.05) is 4.47 Å². The third-order valence-electron chi connectivity index (χ3n) is 1.51. The molecule has 1 rings (SSSR count). The molecule has 2 N–H and O–H groups in total. The lowest BCUT2D eigenvalue weighted by Crippen LogP contribution is -2.13. The molecule has 12 heavy (non-hydrogen) atoms. The summed E-state index contributed by atoms with van der Waals surface area (Å²) in [5.41, 5.74) is 5.65. The minimum atomic E-state index is -0.747. The molecule has 0 radical (unpaired) electrons. The van der Waals surface area contributed by atoms with Gasteiger partial charge in [-0.05, 0) is 24.6 Å². The van der Waals surface area contributed by atoms with Crippen molar-refractivity contribution in [3.63, 3.8) is 0 Å². The van der Waals surface area contributed by atoms with Crippen LogP contribution in [0, 0.1) is 12.7 Å². The topological polar surface area (TPSA) is 43.1 Å². The van der Waals surface area contributed by atoms with E-state index in [9.17, 15) is 9.18 Å². The maximum atomic E-state index is 13.0. The summed E-state index contributed by atoms with van der Waals surface area (Å²) >= 11 is 3.14. The first-order valence-corrected chi connectivity index (χ1v) is 4.07. The van der Waals surface area contributed by atoms with E-state index in [0.29, 0.717) is 4.47 Å². The minimum Gasteiger partial charge on any atom is -0.366 e. The van der Waals surface area contributed by atoms with Crippen molar-refractivity contribution < 1.29 is 9.18 Å². The molecule has 0 aromatic heterocycles. The van der Waals surface area contributed by atoms with Crippen LogP contribution in [-0.4, -0.2) is 5.91 Å². The molecule has 0 heterocycles. The van der Waals surface area contributed by atoms with Crippen molar-refractivity contribution in [3.8, 4) is 0 Å². The highest BCUT2D eigenvalue weighted by atomic mass is 79.9. The molecule has 0 fully saturated rings. The normalized spacial score (nSPS) is 9.92. The Hall–Kier alpha value is -0.900. The summed E-state index contributed by atoms with van der Waals surface area (Å²) in [6.45, 7) is 1.76. The Bertz CT molecular complexity index is 338. The van der Waals surface area contributed by atoms with Crippen molar-refractivity contribution in [3.05, 3.63) is 33.5 Å². The Morgan fingerprint density at radius 3 is 2.67 bits per heavy atom. The molecule has 0 unspecified atom stereocenters. The van der Waals surface area contributed by atoms with Crippen molar-refractivity contribution in [2.24, 2.45) is 5.73 Å². The monoisotopic (exact) mass is 231 g/mol. The van der Waals surface area contributed by atoms with E-state index >= 15 is 0 Å². The average Bonchev–Trinajstić information content (AvgIpc) is 1.96. The Balaban J connectivity index is 3.33. The van der Waals surface area contributed by atoms with E-state index in [0.717, 1.165) is 5.56 Å². The van der Waals surface area contributed by atoms with Crippen LogP contribution in [0.15, 0.2) is 16.6 Å². The fraction of sp³-hybridized carbons (Fsp3) is 0.125. The Morgan fingerprint density at radius 2 is 2.17 bits per heavy atom. The zero-order valence-corrected chi connectivity index (χ0v) is 7.98. The Labute approximate surface area is 77.7 Å². The second-order valence-corrected chi connectivity index (χ2v) is 3.30. The van der Waals surface area contributed by atoms with Crippen LogP contribution in [-0.2, 0) is 0 Å². The van der Waals surface area contributed by atoms with Crippen molar-refractivity contribution in [1.29, 1.82) is 0 Å². The second kappa shape index (κ2) is 3.23. The van der Waals surface area contributed by atoms with Crippen LogP contribution < -0.4 is 5.73 Å². The quantitative estimate of drug-likeness (QED) is 0.790. The highest BCUT2D eigenvalue weighted by molar-refractivity contribution is 9.10. The van der Waals surface area contributed by atoms with Gasteiger partial charge in [-0.2, -0.15) is 0 Å². The minimum absolute atomic E-state index is 0.0734. The molecule has 4 heteroatoms. The highest BCUT2D eigenvalue weighted by Crippen LogP contribution is 2.19. The van der Waals surface area contributed by atoms with Crippen molar-refractivity contribution in [1.82, 2.24) is 0 Å². The zero-order chi connectivity index (χ0) is 9.30. The molecule has 0 aliphatic heterocycles. The predicted octanol–water partition coefficient (Wildman–Crippen LogP) is 2.00. The van der Waals surface area contributed by atoms with Gasteiger partial charge in [0.25, 0.3) is 5.91 Å². The number of carbonyl (C=O) groups excluding carboxylic acids is 1. The maximum Gasteiger partial charge on any atom is 0.251 e. The van der Waals surface area contributed by atoms with Gasteiger partial charge < -0.3 is 5.73 Å². The largest absolute Gasteiger partial charge is 0.366 e. The molecule has 1 aromatic carbocycles. The van der Waals surface area contributed by atoms with Gasteiger partial charge >= 0.3 is 0 Å². The molecule has 0 atom stereocenters. The SMILES string of the molecule is Cc1cc(C(N)=O)c(F)cc1Br. The van der Waals surface area contributed by atoms with Crippen LogP contribution in [0.3, 0.4) is 0 Å². The van der Waals surface area contributed by atoms with Crippen molar-refractivity contribution in [2.75, 3.05) is 0 Å². The van der Waals surface area contributed by atoms with Gasteiger partial charge in [-0.25, -0.2) is 4.39 Å². The molecule has 0 spiro atoms. The predicted molar refractivity (Wildman–Crippen MR) is 47.4 cm³/mol. The summed E-state index contributed by atoms with van der Waals surface area (Å²) in [5, 5.41) is 0. The molecule has 0 bridgehead atoms. The van der Waals surface area contributed by atoms with Crippen LogP contribution >= 0.6 is 15.9 Å². The number of benzene rings is 1. The Morgan fingerprint density at radius 1 is 1.58 bits per heavy atom. The zero-order valence-electron chi connectivity index (χ0n) is 6.40. The molecule has 64 valence electrons. The lowest BCUT2D eigenvalue weighted by atomic mass is 10.1. The number of nitrogens with two attached hydrogens (primary N) is 1. The summed E-state index contributed by atoms with van der Waals surface area (Å²) in [6, 6.07) is 2.65. The van der Waals surface area contributed by atoms with Gasteiger partial charge in [0.1, 0.15) is 5.82 Å². The van der Waals surface area contributed by atoms with Gasteiger partial charge in [0.05, 0.1) is 5.56 Å². The maximum absolute atomic E-state index is 13.0. The van der Waals surface area contributed by atoms with E-state index in [1.807, 2.05) is 0 Å². The molecule has 2 nitrogen and oxygen atoms in total. The number of hydrogen-bond donors (Lipinski definition) is 1. The summed E-state index contributed by atoms with van der Waals surface area (Å²) < 4.78 is 13.6. The molecular weight excluding hydrogens is 225 g/mol. The lowest BCUT2D eigenvalue weighted by Gasteiger charge is -2.01. The van der Waals surface area contributed by atoms with E-state index in [1.165, 1.54) is 12.1 Å². The molecule has 0 aliphatic rings. The first kappa shape index (κ1) is 9.19. The Kier molecular flexibility index (Phi) is 2.47. The highest BCUT2D eigenvalue weighted by Gasteiger charge is 2.09. The summed E-state index contributed by atoms with van der Waals surface area (Å²) in [7, 11) is 0. The van der Waals surface area contributed by atoms with E-state index < -0.39 is 11.7 Å². The molecule has 0 aliphatic carbocycles. The van der Waals surface area contributed by atoms with Crippen LogP contribution in [0.2, 0.25) is 0 Å². The average molecular weight is 232 g/mol. The number of hydrogen-bond acceptors (Lipinski definition) is 1. The number of aryl methyl sites for hydroxylation is 1. The van der Waals surface area contributed by atoms with Gasteiger partial charge in [-0.3, -0.25) is 4.79 Å². The molecule has 0 saturated carbocycles. The van der Waals surface area contributed by atoms with Gasteiger partial charge in [-0.1, -0.05) is 15.9 Å². The third kappa shape index (κ3) is 1.64. The second-order valence-electron chi connectivity index (χ2n) is 2.45. The van der Waals surface area contributed by atoms with Crippen molar-refractivity contribution in [2.45, 2.75) is 6.92 Å². The number of rotatable bonds is 1. The van der Waals surface area contributed by atoms with Crippen LogP contribution in [0.4, 0.5) is 4.39 Å². The number of amides is 1. The molecular formula is C8H7BrFNO. The number of carbonyl (C=O) groups is 1. The number of primary amides is 1. The van der Waals surface area contributed by atoms with Gasteiger partial charge in [0.15, 0.2) is 0 Å². The van der Waals surface area contributed by atoms with Crippen LogP contribution in [0.25, 0.3) is 0 Å². The smallest absolute Gasteiger partial charge is 0.251 e. The fourth-order valence-corrected chi connectivity index (χ4v) is 1.16. The van der Waals surface area contributed by atoms with E-state index in [4.69, 9.17) is 5.73 Å². The first-order chi connectivity index (χ1) is 5.52. The molecule has 1 amide bonds. The third-order valence-corrected chi connectivity index (χ3v) is 2.37. The van der Waals surface area contributed by atoms with Crippen molar-refractivity contribution >= 4 is 21.8 Å². The number of halogens is 2. The molecule has 1 aromatic rings. The molecule has 0 saturated heterocycles. The van der Waals surface area contributed by atoms with E-state index in [1.54, 1.807) is 6.92 Å². The first-order valence-electron chi connectivity index (χ1n) is 3.28. The summed E-state index contributed by atoms with van der Waals surface area (Å²) in [6.07, 6.45) is 0. The van der Waals surface area contributed by atoms with Gasteiger partial charge in [-0.15, -0.1) is 0 Å². The fourth-order valence-electron chi connectivity index (χ4n) is 0.846. The summed E-state index contributed by atoms with van der Waals surface area (Å²) in [4.78, 5) is 10.7. The standard InChI is InChI=1S/C8H7BrFNO/c1-4-2-5(8(11)12)7(10)3-6(4)9/h2-3H,1H3,(H2,11,12). The van der Waals surface area contributed by atoms with Crippen LogP contribution in [0.1, 0.15) is 15.9 Å². The summed E-state index contributed by atoms with van der Waals surface area (Å²) in [5.74, 6) is -1.34. The van der Waals surface area contributed by atoms with Gasteiger partial charge in [0.2, 0.25) is 0 Å². The van der Waals surface area contributed by atoms with E-state index in [-0.39, 0.29) is 5.56 Å². The van der Waals surface area contributed by atoms with E-state index in [2.05, 4.69) is 15.9 Å². The lowest BCUT2D eigenvalue weighted by molar-refractivity contribution is 0.0996.